The summed E-state index contributed by atoms with van der Waals surface area (Å²) in [5, 5.41) is 0.742. The molecule has 0 aromatic heterocycles. The Morgan fingerprint density at radius 2 is 1.67 bits per heavy atom. The first-order valence-electron chi connectivity index (χ1n) is 6.98. The van der Waals surface area contributed by atoms with Gasteiger partial charge >= 0.3 is 0 Å². The highest BCUT2D eigenvalue weighted by atomic mass is 32.2. The summed E-state index contributed by atoms with van der Waals surface area (Å²) in [5.74, 6) is 1.23. The van der Waals surface area contributed by atoms with Crippen LogP contribution in [0.25, 0.3) is 0 Å². The molecule has 4 heteroatoms. The maximum atomic E-state index is 5.77. The summed E-state index contributed by atoms with van der Waals surface area (Å²) in [4.78, 5) is 4.56. The van der Waals surface area contributed by atoms with Crippen LogP contribution in [0.15, 0.2) is 0 Å². The number of rotatable bonds is 11. The molecule has 0 bridgehead atoms. The van der Waals surface area contributed by atoms with Gasteiger partial charge in [-0.15, -0.1) is 0 Å². The molecule has 0 aliphatic rings. The van der Waals surface area contributed by atoms with Crippen molar-refractivity contribution in [1.29, 1.82) is 0 Å². The van der Waals surface area contributed by atoms with Crippen molar-refractivity contribution in [2.45, 2.75) is 38.5 Å². The average Bonchev–Trinajstić information content (AvgIpc) is 2.25. The Morgan fingerprint density at radius 3 is 2.22 bits per heavy atom. The van der Waals surface area contributed by atoms with E-state index in [0.717, 1.165) is 31.4 Å². The van der Waals surface area contributed by atoms with Gasteiger partial charge in [-0.05, 0) is 39.7 Å². The molecule has 0 heterocycles. The second kappa shape index (κ2) is 11.1. The second-order valence-electron chi connectivity index (χ2n) is 5.50. The van der Waals surface area contributed by atoms with E-state index in [1.807, 2.05) is 11.8 Å². The molecule has 0 rings (SSSR count). The number of thioether (sulfide) groups is 1. The number of ether oxygens (including phenoxy) is 1. The van der Waals surface area contributed by atoms with Gasteiger partial charge in [0.25, 0.3) is 0 Å². The van der Waals surface area contributed by atoms with Crippen molar-refractivity contribution in [3.8, 4) is 0 Å². The van der Waals surface area contributed by atoms with Gasteiger partial charge in [-0.1, -0.05) is 13.8 Å². The lowest BCUT2D eigenvalue weighted by Gasteiger charge is -2.20. The van der Waals surface area contributed by atoms with Gasteiger partial charge in [0.05, 0.1) is 12.7 Å². The predicted molar refractivity (Wildman–Crippen MR) is 83.7 cm³/mol. The number of hydrogen-bond acceptors (Lipinski definition) is 4. The normalized spacial score (nSPS) is 13.8. The summed E-state index contributed by atoms with van der Waals surface area (Å²) in [6.45, 7) is 10.8. The first-order valence-corrected chi connectivity index (χ1v) is 8.03. The topological polar surface area (TPSA) is 15.7 Å². The van der Waals surface area contributed by atoms with Crippen LogP contribution in [0.2, 0.25) is 0 Å². The molecule has 0 N–H and O–H groups in total. The van der Waals surface area contributed by atoms with Gasteiger partial charge in [0.15, 0.2) is 0 Å². The lowest BCUT2D eigenvalue weighted by molar-refractivity contribution is 0.0457. The van der Waals surface area contributed by atoms with E-state index in [-0.39, 0.29) is 0 Å². The fourth-order valence-corrected chi connectivity index (χ4v) is 2.37. The summed E-state index contributed by atoms with van der Waals surface area (Å²) in [5.41, 5.74) is 0. The van der Waals surface area contributed by atoms with Crippen LogP contribution in [0.3, 0.4) is 0 Å². The van der Waals surface area contributed by atoms with Crippen molar-refractivity contribution in [2.24, 2.45) is 0 Å². The zero-order chi connectivity index (χ0) is 14.0. The summed E-state index contributed by atoms with van der Waals surface area (Å²) < 4.78 is 5.77. The van der Waals surface area contributed by atoms with Gasteiger partial charge in [-0.2, -0.15) is 11.8 Å². The van der Waals surface area contributed by atoms with Crippen LogP contribution in [0.1, 0.15) is 27.2 Å². The van der Waals surface area contributed by atoms with E-state index in [0.29, 0.717) is 6.10 Å². The van der Waals surface area contributed by atoms with Crippen molar-refractivity contribution in [1.82, 2.24) is 9.80 Å². The summed E-state index contributed by atoms with van der Waals surface area (Å²) in [6.07, 6.45) is 1.49. The van der Waals surface area contributed by atoms with E-state index in [9.17, 15) is 0 Å². The Kier molecular flexibility index (Phi) is 11.2. The lowest BCUT2D eigenvalue weighted by Crippen LogP contribution is -2.27. The SMILES string of the molecule is CC(CCN(C)CCSC(C)C)OCCN(C)C. The van der Waals surface area contributed by atoms with Crippen LogP contribution in [-0.2, 0) is 4.74 Å². The smallest absolute Gasteiger partial charge is 0.0596 e. The lowest BCUT2D eigenvalue weighted by atomic mass is 10.2. The largest absolute Gasteiger partial charge is 0.377 e. The van der Waals surface area contributed by atoms with Crippen molar-refractivity contribution in [3.05, 3.63) is 0 Å². The van der Waals surface area contributed by atoms with Crippen LogP contribution in [0.5, 0.6) is 0 Å². The molecule has 0 spiro atoms. The molecule has 0 aromatic carbocycles. The minimum absolute atomic E-state index is 0.366. The van der Waals surface area contributed by atoms with Crippen LogP contribution >= 0.6 is 11.8 Å². The minimum Gasteiger partial charge on any atom is -0.377 e. The van der Waals surface area contributed by atoms with Crippen molar-refractivity contribution >= 4 is 11.8 Å². The molecule has 0 aromatic rings. The molecule has 0 saturated heterocycles. The van der Waals surface area contributed by atoms with E-state index < -0.39 is 0 Å². The van der Waals surface area contributed by atoms with Crippen LogP contribution in [0, 0.1) is 0 Å². The third-order valence-corrected chi connectivity index (χ3v) is 3.87. The van der Waals surface area contributed by atoms with Crippen LogP contribution in [0.4, 0.5) is 0 Å². The predicted octanol–water partition coefficient (Wildman–Crippen LogP) is 2.42. The van der Waals surface area contributed by atoms with E-state index in [4.69, 9.17) is 4.74 Å². The zero-order valence-corrected chi connectivity index (χ0v) is 13.9. The maximum absolute atomic E-state index is 5.77. The Morgan fingerprint density at radius 1 is 1.00 bits per heavy atom. The molecule has 0 saturated carbocycles. The number of hydrogen-bond donors (Lipinski definition) is 0. The first kappa shape index (κ1) is 18.2. The Bertz CT molecular complexity index is 169. The highest BCUT2D eigenvalue weighted by Crippen LogP contribution is 2.09. The second-order valence-corrected chi connectivity index (χ2v) is 7.18. The van der Waals surface area contributed by atoms with Gasteiger partial charge in [-0.25, -0.2) is 0 Å². The van der Waals surface area contributed by atoms with E-state index in [2.05, 4.69) is 51.7 Å². The fraction of sp³-hybridized carbons (Fsp3) is 1.00. The van der Waals surface area contributed by atoms with E-state index >= 15 is 0 Å². The first-order chi connectivity index (χ1) is 8.41. The Balaban J connectivity index is 3.44. The van der Waals surface area contributed by atoms with Gasteiger partial charge in [0.1, 0.15) is 0 Å². The van der Waals surface area contributed by atoms with Crippen molar-refractivity contribution in [2.75, 3.05) is 53.1 Å². The van der Waals surface area contributed by atoms with Gasteiger partial charge in [0, 0.05) is 25.4 Å². The monoisotopic (exact) mass is 276 g/mol. The standard InChI is InChI=1S/C14H32N2OS/c1-13(2)18-12-10-16(6)8-7-14(3)17-11-9-15(4)5/h13-14H,7-12H2,1-6H3. The quantitative estimate of drug-likeness (QED) is 0.576. The Hall–Kier alpha value is 0.230. The molecular weight excluding hydrogens is 244 g/mol. The Labute approximate surface area is 118 Å². The third kappa shape index (κ3) is 12.7. The molecule has 1 atom stereocenters. The van der Waals surface area contributed by atoms with Crippen LogP contribution in [-0.4, -0.2) is 74.3 Å². The molecule has 0 aliphatic carbocycles. The maximum Gasteiger partial charge on any atom is 0.0596 e. The van der Waals surface area contributed by atoms with Gasteiger partial charge in [-0.3, -0.25) is 0 Å². The van der Waals surface area contributed by atoms with Crippen molar-refractivity contribution < 1.29 is 4.74 Å². The molecule has 110 valence electrons. The molecule has 0 amide bonds. The number of likely N-dealkylation sites (N-methyl/N-ethyl adjacent to an activating group) is 1. The summed E-state index contributed by atoms with van der Waals surface area (Å²) in [7, 11) is 6.36. The third-order valence-electron chi connectivity index (χ3n) is 2.78. The van der Waals surface area contributed by atoms with Crippen LogP contribution < -0.4 is 0 Å². The molecule has 3 nitrogen and oxygen atoms in total. The molecule has 0 radical (unpaired) electrons. The molecule has 0 fully saturated rings. The fourth-order valence-electron chi connectivity index (χ4n) is 1.48. The summed E-state index contributed by atoms with van der Waals surface area (Å²) >= 11 is 2.03. The van der Waals surface area contributed by atoms with E-state index in [1.165, 1.54) is 12.3 Å². The molecule has 1 unspecified atom stereocenters. The van der Waals surface area contributed by atoms with E-state index in [1.54, 1.807) is 0 Å². The van der Waals surface area contributed by atoms with Gasteiger partial charge < -0.3 is 14.5 Å². The minimum atomic E-state index is 0.366. The molecular formula is C14H32N2OS. The number of nitrogens with zero attached hydrogens (tertiary/aromatic N) is 2. The molecule has 18 heavy (non-hydrogen) atoms. The van der Waals surface area contributed by atoms with Gasteiger partial charge in [0.2, 0.25) is 0 Å². The molecule has 0 aliphatic heterocycles. The van der Waals surface area contributed by atoms with Crippen molar-refractivity contribution in [3.63, 3.8) is 0 Å². The highest BCUT2D eigenvalue weighted by Gasteiger charge is 2.05. The zero-order valence-electron chi connectivity index (χ0n) is 13.1. The summed E-state index contributed by atoms with van der Waals surface area (Å²) in [6, 6.07) is 0. The highest BCUT2D eigenvalue weighted by molar-refractivity contribution is 7.99. The average molecular weight is 276 g/mol.